The molecule has 0 aromatic rings. The number of thioether (sulfide) groups is 2. The number of carboxylic acid groups (broad SMARTS) is 1. The van der Waals surface area contributed by atoms with E-state index in [0.29, 0.717) is 6.42 Å². The summed E-state index contributed by atoms with van der Waals surface area (Å²) in [7, 11) is 0. The first-order valence-electron chi connectivity index (χ1n) is 13.9. The highest BCUT2D eigenvalue weighted by molar-refractivity contribution is 8.07. The minimum atomic E-state index is -0.723. The van der Waals surface area contributed by atoms with Crippen LogP contribution in [0, 0.1) is 21.7 Å². The van der Waals surface area contributed by atoms with Crippen molar-refractivity contribution in [3.63, 3.8) is 0 Å². The molecule has 0 radical (unpaired) electrons. The van der Waals surface area contributed by atoms with Crippen molar-refractivity contribution in [1.82, 2.24) is 0 Å². The fourth-order valence-corrected chi connectivity index (χ4v) is 7.82. The smallest absolute Gasteiger partial charge is 0.309 e. The van der Waals surface area contributed by atoms with Crippen LogP contribution in [0.5, 0.6) is 0 Å². The number of carboxylic acids is 1. The Morgan fingerprint density at radius 1 is 0.838 bits per heavy atom. The SMILES string of the molecule is CCC(CC)(CO)CCCC1=CC(C)(C)C=C(/C=C/C2=CC(C)(C)C=C(CCCC(C)(C)C(=O)O)S2)S1. The highest BCUT2D eigenvalue weighted by Gasteiger charge is 2.28. The van der Waals surface area contributed by atoms with Crippen LogP contribution in [0.2, 0.25) is 0 Å². The molecule has 0 saturated heterocycles. The minimum Gasteiger partial charge on any atom is -0.481 e. The van der Waals surface area contributed by atoms with Crippen LogP contribution in [0.1, 0.15) is 107 Å². The van der Waals surface area contributed by atoms with E-state index in [-0.39, 0.29) is 22.9 Å². The molecular formula is C32H50O3S2. The van der Waals surface area contributed by atoms with Gasteiger partial charge in [0.05, 0.1) is 5.41 Å². The van der Waals surface area contributed by atoms with Gasteiger partial charge in [0.25, 0.3) is 0 Å². The van der Waals surface area contributed by atoms with Crippen LogP contribution in [0.3, 0.4) is 0 Å². The molecule has 0 saturated carbocycles. The van der Waals surface area contributed by atoms with Crippen LogP contribution in [0.25, 0.3) is 0 Å². The summed E-state index contributed by atoms with van der Waals surface area (Å²) >= 11 is 3.70. The van der Waals surface area contributed by atoms with Gasteiger partial charge in [-0.2, -0.15) is 0 Å². The highest BCUT2D eigenvalue weighted by atomic mass is 32.2. The summed E-state index contributed by atoms with van der Waals surface area (Å²) in [6.45, 7) is 17.3. The Balaban J connectivity index is 2.01. The van der Waals surface area contributed by atoms with E-state index in [2.05, 4.69) is 78.0 Å². The van der Waals surface area contributed by atoms with Gasteiger partial charge in [-0.25, -0.2) is 0 Å². The number of hydrogen-bond donors (Lipinski definition) is 2. The van der Waals surface area contributed by atoms with E-state index in [9.17, 15) is 15.0 Å². The van der Waals surface area contributed by atoms with Crippen LogP contribution in [-0.2, 0) is 4.79 Å². The zero-order valence-corrected chi connectivity index (χ0v) is 26.1. The largest absolute Gasteiger partial charge is 0.481 e. The van der Waals surface area contributed by atoms with Gasteiger partial charge < -0.3 is 10.2 Å². The van der Waals surface area contributed by atoms with Gasteiger partial charge >= 0.3 is 5.97 Å². The highest BCUT2D eigenvalue weighted by Crippen LogP contribution is 2.45. The standard InChI is InChI=1S/C32H50O3S2/c1-9-32(10-2,23-33)18-12-14-25-20-30(5,6)22-27(37-25)16-15-26-21-29(3,4)19-24(36-26)13-11-17-31(7,8)28(34)35/h15-16,19-22,33H,9-14,17-18,23H2,1-8H3,(H,34,35)/b16-15+. The molecule has 0 aromatic carbocycles. The first-order chi connectivity index (χ1) is 17.1. The monoisotopic (exact) mass is 546 g/mol. The molecule has 0 atom stereocenters. The van der Waals surface area contributed by atoms with E-state index in [0.717, 1.165) is 44.9 Å². The van der Waals surface area contributed by atoms with Crippen LogP contribution in [-0.4, -0.2) is 22.8 Å². The molecule has 0 amide bonds. The molecule has 208 valence electrons. The van der Waals surface area contributed by atoms with Gasteiger partial charge in [0.2, 0.25) is 0 Å². The number of aliphatic carboxylic acids is 1. The maximum Gasteiger partial charge on any atom is 0.309 e. The van der Waals surface area contributed by atoms with E-state index in [4.69, 9.17) is 0 Å². The maximum atomic E-state index is 11.4. The number of carbonyl (C=O) groups is 1. The second kappa shape index (κ2) is 13.3. The molecule has 2 N–H and O–H groups in total. The van der Waals surface area contributed by atoms with Gasteiger partial charge in [-0.3, -0.25) is 4.79 Å². The van der Waals surface area contributed by atoms with E-state index in [1.165, 1.54) is 19.6 Å². The van der Waals surface area contributed by atoms with Crippen molar-refractivity contribution in [1.29, 1.82) is 0 Å². The molecule has 3 nitrogen and oxygen atoms in total. The van der Waals surface area contributed by atoms with Crippen LogP contribution < -0.4 is 0 Å². The lowest BCUT2D eigenvalue weighted by Crippen LogP contribution is -2.23. The molecule has 2 aliphatic heterocycles. The Labute approximate surface area is 235 Å². The normalized spacial score (nSPS) is 19.8. The van der Waals surface area contributed by atoms with Gasteiger partial charge in [0.1, 0.15) is 0 Å². The average molecular weight is 547 g/mol. The topological polar surface area (TPSA) is 57.5 Å². The molecule has 0 aliphatic carbocycles. The molecule has 2 heterocycles. The summed E-state index contributed by atoms with van der Waals surface area (Å²) in [6.07, 6.45) is 21.7. The van der Waals surface area contributed by atoms with Gasteiger partial charge in [-0.1, -0.05) is 89.4 Å². The molecule has 0 bridgehead atoms. The summed E-state index contributed by atoms with van der Waals surface area (Å²) in [5, 5.41) is 19.3. The lowest BCUT2D eigenvalue weighted by molar-refractivity contribution is -0.147. The summed E-state index contributed by atoms with van der Waals surface area (Å²) < 4.78 is 0. The first kappa shape index (κ1) is 32.0. The molecule has 0 spiro atoms. The molecule has 0 fully saturated rings. The second-order valence-corrected chi connectivity index (χ2v) is 15.2. The number of aliphatic hydroxyl groups excluding tert-OH is 1. The lowest BCUT2D eigenvalue weighted by Gasteiger charge is -2.30. The van der Waals surface area contributed by atoms with Crippen LogP contribution in [0.15, 0.2) is 56.1 Å². The van der Waals surface area contributed by atoms with Crippen LogP contribution >= 0.6 is 23.5 Å². The van der Waals surface area contributed by atoms with Crippen molar-refractivity contribution in [2.45, 2.75) is 107 Å². The van der Waals surface area contributed by atoms with Gasteiger partial charge in [0, 0.05) is 27.2 Å². The summed E-state index contributed by atoms with van der Waals surface area (Å²) in [4.78, 5) is 16.8. The minimum absolute atomic E-state index is 0.0151. The van der Waals surface area contributed by atoms with Crippen molar-refractivity contribution in [3.05, 3.63) is 56.1 Å². The average Bonchev–Trinajstić information content (AvgIpc) is 2.79. The third kappa shape index (κ3) is 10.1. The predicted molar refractivity (Wildman–Crippen MR) is 163 cm³/mol. The van der Waals surface area contributed by atoms with E-state index >= 15 is 0 Å². The van der Waals surface area contributed by atoms with E-state index in [1.54, 1.807) is 0 Å². The van der Waals surface area contributed by atoms with Crippen molar-refractivity contribution in [2.24, 2.45) is 21.7 Å². The Hall–Kier alpha value is -1.17. The molecule has 5 heteroatoms. The van der Waals surface area contributed by atoms with Crippen molar-refractivity contribution >= 4 is 29.5 Å². The first-order valence-corrected chi connectivity index (χ1v) is 15.6. The van der Waals surface area contributed by atoms with E-state index < -0.39 is 11.4 Å². The Kier molecular flexibility index (Phi) is 11.5. The maximum absolute atomic E-state index is 11.4. The van der Waals surface area contributed by atoms with Gasteiger partial charge in [-0.05, 0) is 92.6 Å². The fraction of sp³-hybridized carbons (Fsp3) is 0.656. The number of allylic oxidation sites excluding steroid dienone is 8. The summed E-state index contributed by atoms with van der Waals surface area (Å²) in [5.74, 6) is -0.723. The third-order valence-electron chi connectivity index (χ3n) is 7.77. The quantitative estimate of drug-likeness (QED) is 0.227. The van der Waals surface area contributed by atoms with Crippen molar-refractivity contribution in [2.75, 3.05) is 6.61 Å². The Bertz CT molecular complexity index is 948. The molecule has 37 heavy (non-hydrogen) atoms. The molecular weight excluding hydrogens is 496 g/mol. The van der Waals surface area contributed by atoms with E-state index in [1.807, 2.05) is 37.4 Å². The lowest BCUT2D eigenvalue weighted by atomic mass is 9.78. The Morgan fingerprint density at radius 2 is 1.27 bits per heavy atom. The summed E-state index contributed by atoms with van der Waals surface area (Å²) in [5.41, 5.74) is -0.596. The van der Waals surface area contributed by atoms with Gasteiger partial charge in [0.15, 0.2) is 0 Å². The number of hydrogen-bond acceptors (Lipinski definition) is 4. The summed E-state index contributed by atoms with van der Waals surface area (Å²) in [6, 6.07) is 0. The number of rotatable bonds is 14. The third-order valence-corrected chi connectivity index (χ3v) is 9.92. The predicted octanol–water partition coefficient (Wildman–Crippen LogP) is 9.87. The Morgan fingerprint density at radius 3 is 1.65 bits per heavy atom. The van der Waals surface area contributed by atoms with Crippen LogP contribution in [0.4, 0.5) is 0 Å². The molecule has 0 aromatic heterocycles. The molecule has 0 unspecified atom stereocenters. The number of aliphatic hydroxyl groups is 1. The van der Waals surface area contributed by atoms with Crippen molar-refractivity contribution < 1.29 is 15.0 Å². The van der Waals surface area contributed by atoms with Gasteiger partial charge in [-0.15, -0.1) is 0 Å². The zero-order chi connectivity index (χ0) is 27.9. The molecule has 2 rings (SSSR count). The fourth-order valence-electron chi connectivity index (χ4n) is 5.00. The van der Waals surface area contributed by atoms with Crippen molar-refractivity contribution in [3.8, 4) is 0 Å². The second-order valence-electron chi connectivity index (χ2n) is 12.8. The molecule has 2 aliphatic rings. The zero-order valence-electron chi connectivity index (χ0n) is 24.4.